The highest BCUT2D eigenvalue weighted by atomic mass is 32.2. The van der Waals surface area contributed by atoms with Gasteiger partial charge in [0.05, 0.1) is 21.3 Å². The molecule has 2 aromatic rings. The van der Waals surface area contributed by atoms with E-state index in [4.69, 9.17) is 0 Å². The van der Waals surface area contributed by atoms with Crippen LogP contribution in [0.3, 0.4) is 0 Å². The van der Waals surface area contributed by atoms with E-state index in [1.165, 1.54) is 24.3 Å². The van der Waals surface area contributed by atoms with E-state index in [1.54, 1.807) is 24.3 Å². The molecule has 0 saturated heterocycles. The lowest BCUT2D eigenvalue weighted by Crippen LogP contribution is -2.40. The van der Waals surface area contributed by atoms with Gasteiger partial charge in [-0.1, -0.05) is 35.4 Å². The van der Waals surface area contributed by atoms with E-state index in [2.05, 4.69) is 10.6 Å². The van der Waals surface area contributed by atoms with Crippen molar-refractivity contribution in [3.05, 3.63) is 59.7 Å². The molecule has 0 aliphatic heterocycles. The van der Waals surface area contributed by atoms with Crippen molar-refractivity contribution in [1.29, 1.82) is 0 Å². The van der Waals surface area contributed by atoms with Gasteiger partial charge in [0.25, 0.3) is 0 Å². The van der Waals surface area contributed by atoms with Crippen molar-refractivity contribution in [3.63, 3.8) is 0 Å². The number of rotatable bonds is 8. The highest BCUT2D eigenvalue weighted by Crippen LogP contribution is 2.12. The Bertz CT molecular complexity index is 929. The molecular formula is C19H24N2O5S2. The van der Waals surface area contributed by atoms with Gasteiger partial charge in [0.1, 0.15) is 0 Å². The maximum absolute atomic E-state index is 12.2. The van der Waals surface area contributed by atoms with Gasteiger partial charge in [-0.15, -0.1) is 0 Å². The molecule has 0 heterocycles. The Kier molecular flexibility index (Phi) is 7.20. The van der Waals surface area contributed by atoms with Gasteiger partial charge in [-0.05, 0) is 38.1 Å². The number of aryl methyl sites for hydroxylation is 2. The number of nitrogens with one attached hydrogen (secondary N) is 2. The van der Waals surface area contributed by atoms with Crippen molar-refractivity contribution in [2.75, 3.05) is 24.6 Å². The standard InChI is InChI=1S/C19H24N2O5S2/c1-15-3-7-17(8-4-15)27(23,24)13-11-20-19(22)21-12-14-28(25,26)18-9-5-16(2)6-10-18/h3-10H,11-14H2,1-2H3,(H2,20,21,22). The second-order valence-electron chi connectivity index (χ2n) is 6.45. The minimum Gasteiger partial charge on any atom is -0.337 e. The highest BCUT2D eigenvalue weighted by Gasteiger charge is 2.16. The van der Waals surface area contributed by atoms with Crippen molar-refractivity contribution in [1.82, 2.24) is 10.6 Å². The molecule has 0 aliphatic rings. The molecule has 2 N–H and O–H groups in total. The van der Waals surface area contributed by atoms with Crippen LogP contribution < -0.4 is 10.6 Å². The van der Waals surface area contributed by atoms with Crippen LogP contribution in [0, 0.1) is 13.8 Å². The number of carbonyl (C=O) groups excluding carboxylic acids is 1. The largest absolute Gasteiger partial charge is 0.337 e. The molecular weight excluding hydrogens is 400 g/mol. The summed E-state index contributed by atoms with van der Waals surface area (Å²) >= 11 is 0. The number of benzene rings is 2. The van der Waals surface area contributed by atoms with Crippen LogP contribution in [0.25, 0.3) is 0 Å². The monoisotopic (exact) mass is 424 g/mol. The zero-order chi connectivity index (χ0) is 20.8. The summed E-state index contributed by atoms with van der Waals surface area (Å²) < 4.78 is 48.8. The SMILES string of the molecule is Cc1ccc(S(=O)(=O)CCNC(=O)NCCS(=O)(=O)c2ccc(C)cc2)cc1. The Morgan fingerprint density at radius 1 is 0.679 bits per heavy atom. The summed E-state index contributed by atoms with van der Waals surface area (Å²) in [4.78, 5) is 12.2. The smallest absolute Gasteiger partial charge is 0.314 e. The Labute approximate surface area is 166 Å². The van der Waals surface area contributed by atoms with Crippen LogP contribution in [-0.4, -0.2) is 47.5 Å². The molecule has 0 unspecified atom stereocenters. The minimum absolute atomic E-state index is 0.0766. The highest BCUT2D eigenvalue weighted by molar-refractivity contribution is 7.91. The van der Waals surface area contributed by atoms with Gasteiger partial charge in [0.2, 0.25) is 0 Å². The average Bonchev–Trinajstić information content (AvgIpc) is 2.62. The maximum atomic E-state index is 12.2. The number of sulfone groups is 2. The summed E-state index contributed by atoms with van der Waals surface area (Å²) in [6, 6.07) is 12.3. The molecule has 28 heavy (non-hydrogen) atoms. The van der Waals surface area contributed by atoms with Crippen LogP contribution in [0.1, 0.15) is 11.1 Å². The van der Waals surface area contributed by atoms with Gasteiger partial charge in [0.15, 0.2) is 19.7 Å². The first kappa shape index (κ1) is 21.9. The lowest BCUT2D eigenvalue weighted by Gasteiger charge is -2.09. The van der Waals surface area contributed by atoms with E-state index in [-0.39, 0.29) is 34.4 Å². The van der Waals surface area contributed by atoms with E-state index >= 15 is 0 Å². The van der Waals surface area contributed by atoms with Crippen LogP contribution >= 0.6 is 0 Å². The van der Waals surface area contributed by atoms with Crippen molar-refractivity contribution < 1.29 is 21.6 Å². The summed E-state index contributed by atoms with van der Waals surface area (Å²) in [5.41, 5.74) is 1.91. The molecule has 0 aromatic heterocycles. The van der Waals surface area contributed by atoms with Gasteiger partial charge in [-0.3, -0.25) is 0 Å². The van der Waals surface area contributed by atoms with Gasteiger partial charge < -0.3 is 10.6 Å². The first-order chi connectivity index (χ1) is 13.1. The molecule has 152 valence electrons. The van der Waals surface area contributed by atoms with E-state index in [0.717, 1.165) is 11.1 Å². The van der Waals surface area contributed by atoms with Crippen molar-refractivity contribution >= 4 is 25.7 Å². The minimum atomic E-state index is -3.49. The third-order valence-electron chi connectivity index (χ3n) is 4.07. The van der Waals surface area contributed by atoms with Gasteiger partial charge in [-0.25, -0.2) is 21.6 Å². The van der Waals surface area contributed by atoms with E-state index in [0.29, 0.717) is 0 Å². The quantitative estimate of drug-likeness (QED) is 0.672. The molecule has 0 atom stereocenters. The molecule has 0 radical (unpaired) electrons. The summed E-state index contributed by atoms with van der Waals surface area (Å²) in [6.45, 7) is 3.57. The van der Waals surface area contributed by atoms with Gasteiger partial charge in [0, 0.05) is 13.1 Å². The molecule has 2 rings (SSSR count). The fourth-order valence-electron chi connectivity index (χ4n) is 2.39. The summed E-state index contributed by atoms with van der Waals surface area (Å²) in [6.07, 6.45) is 0. The normalized spacial score (nSPS) is 11.8. The second-order valence-corrected chi connectivity index (χ2v) is 10.7. The summed E-state index contributed by atoms with van der Waals surface area (Å²) in [5.74, 6) is -0.490. The van der Waals surface area contributed by atoms with Crippen LogP contribution in [0.5, 0.6) is 0 Å². The lowest BCUT2D eigenvalue weighted by atomic mass is 10.2. The fraction of sp³-hybridized carbons (Fsp3) is 0.316. The Hall–Kier alpha value is -2.39. The third kappa shape index (κ3) is 6.35. The average molecular weight is 425 g/mol. The second kappa shape index (κ2) is 9.20. The van der Waals surface area contributed by atoms with Crippen molar-refractivity contribution in [2.45, 2.75) is 23.6 Å². The predicted octanol–water partition coefficient (Wildman–Crippen LogP) is 1.85. The number of hydrogen-bond acceptors (Lipinski definition) is 5. The number of urea groups is 1. The molecule has 0 spiro atoms. The van der Waals surface area contributed by atoms with Crippen LogP contribution in [0.15, 0.2) is 58.3 Å². The van der Waals surface area contributed by atoms with E-state index in [9.17, 15) is 21.6 Å². The fourth-order valence-corrected chi connectivity index (χ4v) is 4.70. The predicted molar refractivity (Wildman–Crippen MR) is 108 cm³/mol. The Balaban J connectivity index is 1.77. The Morgan fingerprint density at radius 2 is 1.00 bits per heavy atom. The number of hydrogen-bond donors (Lipinski definition) is 2. The molecule has 0 saturated carbocycles. The summed E-state index contributed by atoms with van der Waals surface area (Å²) in [5, 5.41) is 4.86. The molecule has 2 aromatic carbocycles. The first-order valence-corrected chi connectivity index (χ1v) is 12.0. The Morgan fingerprint density at radius 3 is 1.32 bits per heavy atom. The van der Waals surface area contributed by atoms with Crippen LogP contribution in [0.2, 0.25) is 0 Å². The third-order valence-corrected chi connectivity index (χ3v) is 7.54. The summed E-state index contributed by atoms with van der Waals surface area (Å²) in [7, 11) is -6.99. The van der Waals surface area contributed by atoms with Crippen molar-refractivity contribution in [2.24, 2.45) is 0 Å². The topological polar surface area (TPSA) is 109 Å². The zero-order valence-electron chi connectivity index (χ0n) is 15.8. The van der Waals surface area contributed by atoms with E-state index < -0.39 is 25.7 Å². The first-order valence-electron chi connectivity index (χ1n) is 8.71. The zero-order valence-corrected chi connectivity index (χ0v) is 17.4. The number of amides is 2. The maximum Gasteiger partial charge on any atom is 0.314 e. The van der Waals surface area contributed by atoms with Gasteiger partial charge >= 0.3 is 6.03 Å². The van der Waals surface area contributed by atoms with E-state index in [1.807, 2.05) is 13.8 Å². The lowest BCUT2D eigenvalue weighted by molar-refractivity contribution is 0.242. The molecule has 0 bridgehead atoms. The molecule has 0 fully saturated rings. The molecule has 0 aliphatic carbocycles. The van der Waals surface area contributed by atoms with Crippen LogP contribution in [-0.2, 0) is 19.7 Å². The van der Waals surface area contributed by atoms with Crippen LogP contribution in [0.4, 0.5) is 4.79 Å². The number of carbonyl (C=O) groups is 1. The van der Waals surface area contributed by atoms with Gasteiger partial charge in [-0.2, -0.15) is 0 Å². The molecule has 2 amide bonds. The molecule has 7 nitrogen and oxygen atoms in total. The molecule has 9 heteroatoms. The van der Waals surface area contributed by atoms with Crippen molar-refractivity contribution in [3.8, 4) is 0 Å².